The molecule has 2 heteroatoms. The second-order valence-electron chi connectivity index (χ2n) is 2.03. The van der Waals surface area contributed by atoms with Crippen LogP contribution < -0.4 is 5.73 Å². The Hall–Kier alpha value is -0.0800. The summed E-state index contributed by atoms with van der Waals surface area (Å²) in [7, 11) is 2.00. The molecule has 0 unspecified atom stereocenters. The Morgan fingerprint density at radius 1 is 1.33 bits per heavy atom. The average Bonchev–Trinajstić information content (AvgIpc) is 1.91. The third-order valence-corrected chi connectivity index (χ3v) is 1.17. The first kappa shape index (κ1) is 11.7. The van der Waals surface area contributed by atoms with Crippen molar-refractivity contribution < 1.29 is 0 Å². The zero-order chi connectivity index (χ0) is 7.86. The van der Waals surface area contributed by atoms with Crippen LogP contribution in [0, 0.1) is 0 Å². The summed E-state index contributed by atoms with van der Waals surface area (Å²) in [6, 6.07) is 0.574. The van der Waals surface area contributed by atoms with Gasteiger partial charge in [-0.2, -0.15) is 0 Å². The molecule has 0 fully saturated rings. The van der Waals surface area contributed by atoms with E-state index in [1.807, 2.05) is 20.9 Å². The number of rotatable bonds is 2. The van der Waals surface area contributed by atoms with Gasteiger partial charge >= 0.3 is 0 Å². The Balaban J connectivity index is 0. The Kier molecular flexibility index (Phi) is 10.3. The van der Waals surface area contributed by atoms with Crippen LogP contribution in [-0.2, 0) is 0 Å². The molecule has 0 aromatic heterocycles. The lowest BCUT2D eigenvalue weighted by Gasteiger charge is -2.17. The van der Waals surface area contributed by atoms with Crippen molar-refractivity contribution in [2.75, 3.05) is 13.7 Å². The summed E-state index contributed by atoms with van der Waals surface area (Å²) in [5.74, 6) is 0. The molecule has 0 rings (SSSR count). The van der Waals surface area contributed by atoms with Crippen molar-refractivity contribution in [3.05, 3.63) is 0 Å². The normalized spacial score (nSPS) is 9.33. The van der Waals surface area contributed by atoms with Crippen molar-refractivity contribution in [3.8, 4) is 0 Å². The van der Waals surface area contributed by atoms with Crippen LogP contribution in [0.2, 0.25) is 0 Å². The van der Waals surface area contributed by atoms with Crippen LogP contribution in [0.25, 0.3) is 0 Å². The minimum Gasteiger partial charge on any atom is -0.318 e. The van der Waals surface area contributed by atoms with E-state index in [9.17, 15) is 0 Å². The third kappa shape index (κ3) is 7.92. The summed E-state index contributed by atoms with van der Waals surface area (Å²) < 4.78 is 0. The second-order valence-corrected chi connectivity index (χ2v) is 2.03. The fourth-order valence-corrected chi connectivity index (χ4v) is 0.211. The van der Waals surface area contributed by atoms with Gasteiger partial charge in [0.05, 0.1) is 0 Å². The van der Waals surface area contributed by atoms with Crippen LogP contribution in [-0.4, -0.2) is 24.7 Å². The van der Waals surface area contributed by atoms with Crippen molar-refractivity contribution in [3.63, 3.8) is 0 Å². The second kappa shape index (κ2) is 7.92. The van der Waals surface area contributed by atoms with Gasteiger partial charge in [-0.3, -0.25) is 4.90 Å². The highest BCUT2D eigenvalue weighted by molar-refractivity contribution is 4.50. The lowest BCUT2D eigenvalue weighted by atomic mass is 10.4. The summed E-state index contributed by atoms with van der Waals surface area (Å²) in [5, 5.41) is 0. The predicted octanol–water partition coefficient (Wildman–Crippen LogP) is 1.27. The number of nitrogens with two attached hydrogens (primary N) is 1. The summed E-state index contributed by atoms with van der Waals surface area (Å²) >= 11 is 0. The standard InChI is InChI=1S/C5H14N2.C2H6/c1-5(2)7(3)4-6;1-2/h5H,4,6H2,1-3H3;1-2H3. The van der Waals surface area contributed by atoms with Crippen molar-refractivity contribution in [1.82, 2.24) is 4.90 Å². The Bertz CT molecular complexity index is 44.2. The number of nitrogens with zero attached hydrogens (tertiary/aromatic N) is 1. The Morgan fingerprint density at radius 2 is 1.67 bits per heavy atom. The molecule has 0 aliphatic heterocycles. The van der Waals surface area contributed by atoms with E-state index in [0.29, 0.717) is 12.7 Å². The average molecular weight is 132 g/mol. The molecule has 58 valence electrons. The molecule has 0 aliphatic rings. The third-order valence-electron chi connectivity index (χ3n) is 1.17. The van der Waals surface area contributed by atoms with E-state index >= 15 is 0 Å². The summed E-state index contributed by atoms with van der Waals surface area (Å²) in [6.45, 7) is 8.89. The van der Waals surface area contributed by atoms with Crippen molar-refractivity contribution >= 4 is 0 Å². The Morgan fingerprint density at radius 3 is 1.67 bits per heavy atom. The zero-order valence-electron chi connectivity index (χ0n) is 7.31. The van der Waals surface area contributed by atoms with Crippen LogP contribution in [0.1, 0.15) is 27.7 Å². The highest BCUT2D eigenvalue weighted by Gasteiger charge is 1.96. The molecule has 0 amide bonds. The molecule has 0 atom stereocenters. The van der Waals surface area contributed by atoms with Crippen LogP contribution in [0.15, 0.2) is 0 Å². The lowest BCUT2D eigenvalue weighted by molar-refractivity contribution is 0.282. The topological polar surface area (TPSA) is 29.3 Å². The van der Waals surface area contributed by atoms with Gasteiger partial charge in [-0.15, -0.1) is 0 Å². The van der Waals surface area contributed by atoms with E-state index < -0.39 is 0 Å². The minimum absolute atomic E-state index is 0.574. The highest BCUT2D eigenvalue weighted by Crippen LogP contribution is 1.86. The number of hydrogen-bond donors (Lipinski definition) is 1. The largest absolute Gasteiger partial charge is 0.318 e. The van der Waals surface area contributed by atoms with E-state index in [-0.39, 0.29) is 0 Å². The molecular formula is C7H20N2. The van der Waals surface area contributed by atoms with Gasteiger partial charge in [0.1, 0.15) is 0 Å². The maximum Gasteiger partial charge on any atom is 0.0454 e. The molecule has 0 aliphatic carbocycles. The smallest absolute Gasteiger partial charge is 0.0454 e. The van der Waals surface area contributed by atoms with E-state index in [4.69, 9.17) is 5.73 Å². The van der Waals surface area contributed by atoms with Gasteiger partial charge in [-0.05, 0) is 20.9 Å². The number of hydrogen-bond acceptors (Lipinski definition) is 2. The summed E-state index contributed by atoms with van der Waals surface area (Å²) in [5.41, 5.74) is 5.30. The van der Waals surface area contributed by atoms with E-state index in [0.717, 1.165) is 0 Å². The SMILES string of the molecule is CC.CC(C)N(C)CN. The first-order valence-corrected chi connectivity index (χ1v) is 3.58. The minimum atomic E-state index is 0.574. The van der Waals surface area contributed by atoms with Crippen molar-refractivity contribution in [2.24, 2.45) is 5.73 Å². The monoisotopic (exact) mass is 132 g/mol. The van der Waals surface area contributed by atoms with Crippen molar-refractivity contribution in [2.45, 2.75) is 33.7 Å². The molecule has 0 saturated heterocycles. The molecule has 9 heavy (non-hydrogen) atoms. The molecule has 0 heterocycles. The molecular weight excluding hydrogens is 112 g/mol. The molecule has 0 aromatic rings. The first-order valence-electron chi connectivity index (χ1n) is 3.58. The van der Waals surface area contributed by atoms with Crippen molar-refractivity contribution in [1.29, 1.82) is 0 Å². The van der Waals surface area contributed by atoms with Gasteiger partial charge in [0.25, 0.3) is 0 Å². The van der Waals surface area contributed by atoms with Gasteiger partial charge in [-0.1, -0.05) is 13.8 Å². The Labute approximate surface area is 59.0 Å². The lowest BCUT2D eigenvalue weighted by Crippen LogP contribution is -2.31. The molecule has 0 saturated carbocycles. The fourth-order valence-electron chi connectivity index (χ4n) is 0.211. The zero-order valence-corrected chi connectivity index (χ0v) is 7.31. The molecule has 0 aromatic carbocycles. The predicted molar refractivity (Wildman–Crippen MR) is 43.3 cm³/mol. The molecule has 2 N–H and O–H groups in total. The van der Waals surface area contributed by atoms with Crippen LogP contribution in [0.4, 0.5) is 0 Å². The van der Waals surface area contributed by atoms with Gasteiger partial charge in [0.2, 0.25) is 0 Å². The summed E-state index contributed by atoms with van der Waals surface area (Å²) in [6.07, 6.45) is 0. The van der Waals surface area contributed by atoms with Gasteiger partial charge < -0.3 is 5.73 Å². The van der Waals surface area contributed by atoms with Gasteiger partial charge in [0, 0.05) is 12.7 Å². The molecule has 2 nitrogen and oxygen atoms in total. The maximum absolute atomic E-state index is 5.30. The van der Waals surface area contributed by atoms with Crippen LogP contribution >= 0.6 is 0 Å². The maximum atomic E-state index is 5.30. The van der Waals surface area contributed by atoms with E-state index in [2.05, 4.69) is 18.7 Å². The molecule has 0 bridgehead atoms. The summed E-state index contributed by atoms with van der Waals surface area (Å²) in [4.78, 5) is 2.07. The fraction of sp³-hybridized carbons (Fsp3) is 1.00. The van der Waals surface area contributed by atoms with Gasteiger partial charge in [0.15, 0.2) is 0 Å². The van der Waals surface area contributed by atoms with Crippen LogP contribution in [0.5, 0.6) is 0 Å². The van der Waals surface area contributed by atoms with Crippen LogP contribution in [0.3, 0.4) is 0 Å². The van der Waals surface area contributed by atoms with E-state index in [1.54, 1.807) is 0 Å². The highest BCUT2D eigenvalue weighted by atomic mass is 15.2. The first-order chi connectivity index (χ1) is 4.18. The molecule has 0 radical (unpaired) electrons. The van der Waals surface area contributed by atoms with E-state index in [1.165, 1.54) is 0 Å². The molecule has 0 spiro atoms. The quantitative estimate of drug-likeness (QED) is 0.573. The van der Waals surface area contributed by atoms with Gasteiger partial charge in [-0.25, -0.2) is 0 Å².